The molecule has 2 atom stereocenters. The third kappa shape index (κ3) is 0.783. The van der Waals surface area contributed by atoms with Crippen LogP contribution in [0.3, 0.4) is 0 Å². The fourth-order valence-electron chi connectivity index (χ4n) is 2.50. The molecular formula is C8H14FNO. The van der Waals surface area contributed by atoms with Crippen molar-refractivity contribution in [1.82, 2.24) is 5.32 Å². The number of fused-ring (bicyclic) bond motifs is 1. The van der Waals surface area contributed by atoms with Crippen molar-refractivity contribution in [2.24, 2.45) is 5.41 Å². The minimum absolute atomic E-state index is 0.00347. The third-order valence-electron chi connectivity index (χ3n) is 3.35. The van der Waals surface area contributed by atoms with Gasteiger partial charge in [0.2, 0.25) is 0 Å². The molecule has 1 aliphatic heterocycles. The van der Waals surface area contributed by atoms with Gasteiger partial charge in [-0.15, -0.1) is 0 Å². The number of alkyl halides is 1. The van der Waals surface area contributed by atoms with Gasteiger partial charge in [0.1, 0.15) is 5.67 Å². The van der Waals surface area contributed by atoms with Crippen LogP contribution in [0.25, 0.3) is 0 Å². The van der Waals surface area contributed by atoms with Gasteiger partial charge in [0.25, 0.3) is 0 Å². The van der Waals surface area contributed by atoms with Crippen molar-refractivity contribution in [3.8, 4) is 0 Å². The van der Waals surface area contributed by atoms with E-state index in [4.69, 9.17) is 5.11 Å². The van der Waals surface area contributed by atoms with E-state index in [9.17, 15) is 4.39 Å². The van der Waals surface area contributed by atoms with E-state index in [1.165, 1.54) is 0 Å². The Kier molecular flexibility index (Phi) is 1.48. The highest BCUT2D eigenvalue weighted by atomic mass is 19.1. The zero-order valence-corrected chi connectivity index (χ0v) is 6.57. The SMILES string of the molecule is OC[C@]12CCC[C@@]1(F)CNC2. The summed E-state index contributed by atoms with van der Waals surface area (Å²) in [5, 5.41) is 12.1. The molecule has 2 nitrogen and oxygen atoms in total. The van der Waals surface area contributed by atoms with Crippen LogP contribution >= 0.6 is 0 Å². The van der Waals surface area contributed by atoms with Gasteiger partial charge >= 0.3 is 0 Å². The van der Waals surface area contributed by atoms with Crippen molar-refractivity contribution in [3.63, 3.8) is 0 Å². The van der Waals surface area contributed by atoms with Gasteiger partial charge in [-0.1, -0.05) is 0 Å². The molecule has 1 heterocycles. The smallest absolute Gasteiger partial charge is 0.132 e. The summed E-state index contributed by atoms with van der Waals surface area (Å²) < 4.78 is 13.9. The first-order chi connectivity index (χ1) is 5.22. The van der Waals surface area contributed by atoms with E-state index < -0.39 is 11.1 Å². The number of nitrogens with one attached hydrogen (secondary N) is 1. The molecule has 0 bridgehead atoms. The van der Waals surface area contributed by atoms with E-state index in [1.54, 1.807) is 0 Å². The van der Waals surface area contributed by atoms with Gasteiger partial charge in [0.15, 0.2) is 0 Å². The molecule has 0 radical (unpaired) electrons. The highest BCUT2D eigenvalue weighted by Gasteiger charge is 2.58. The first-order valence-electron chi connectivity index (χ1n) is 4.23. The number of hydrogen-bond donors (Lipinski definition) is 2. The topological polar surface area (TPSA) is 32.3 Å². The third-order valence-corrected chi connectivity index (χ3v) is 3.35. The number of halogens is 1. The average molecular weight is 159 g/mol. The highest BCUT2D eigenvalue weighted by molar-refractivity contribution is 5.10. The second-order valence-electron chi connectivity index (χ2n) is 3.86. The van der Waals surface area contributed by atoms with E-state index in [2.05, 4.69) is 5.32 Å². The van der Waals surface area contributed by atoms with Crippen molar-refractivity contribution >= 4 is 0 Å². The largest absolute Gasteiger partial charge is 0.396 e. The van der Waals surface area contributed by atoms with Crippen molar-refractivity contribution in [2.45, 2.75) is 24.9 Å². The first-order valence-corrected chi connectivity index (χ1v) is 4.23. The predicted octanol–water partition coefficient (Wildman–Crippen LogP) is 0.460. The van der Waals surface area contributed by atoms with Gasteiger partial charge in [-0.05, 0) is 19.3 Å². The molecule has 1 aliphatic carbocycles. The molecule has 1 saturated heterocycles. The quantitative estimate of drug-likeness (QED) is 0.582. The van der Waals surface area contributed by atoms with Gasteiger partial charge < -0.3 is 10.4 Å². The second-order valence-corrected chi connectivity index (χ2v) is 3.86. The Bertz CT molecular complexity index is 161. The predicted molar refractivity (Wildman–Crippen MR) is 40.1 cm³/mol. The van der Waals surface area contributed by atoms with Gasteiger partial charge in [-0.2, -0.15) is 0 Å². The highest BCUT2D eigenvalue weighted by Crippen LogP contribution is 2.50. The summed E-state index contributed by atoms with van der Waals surface area (Å²) >= 11 is 0. The van der Waals surface area contributed by atoms with Crippen LogP contribution in [0.2, 0.25) is 0 Å². The molecular weight excluding hydrogens is 145 g/mol. The molecule has 3 heteroatoms. The van der Waals surface area contributed by atoms with Crippen LogP contribution in [0.4, 0.5) is 4.39 Å². The van der Waals surface area contributed by atoms with Crippen LogP contribution in [0, 0.1) is 5.41 Å². The molecule has 0 aromatic heterocycles. The fraction of sp³-hybridized carbons (Fsp3) is 1.00. The van der Waals surface area contributed by atoms with E-state index in [0.717, 1.165) is 12.8 Å². The van der Waals surface area contributed by atoms with Gasteiger partial charge in [0.05, 0.1) is 6.61 Å². The Morgan fingerprint density at radius 2 is 2.18 bits per heavy atom. The minimum Gasteiger partial charge on any atom is -0.396 e. The Morgan fingerprint density at radius 3 is 2.82 bits per heavy atom. The van der Waals surface area contributed by atoms with Crippen LogP contribution < -0.4 is 5.32 Å². The summed E-state index contributed by atoms with van der Waals surface area (Å²) in [5.74, 6) is 0. The van der Waals surface area contributed by atoms with Crippen molar-refractivity contribution < 1.29 is 9.50 Å². The maximum atomic E-state index is 13.9. The lowest BCUT2D eigenvalue weighted by atomic mass is 9.79. The lowest BCUT2D eigenvalue weighted by Crippen LogP contribution is -2.41. The zero-order valence-electron chi connectivity index (χ0n) is 6.57. The van der Waals surface area contributed by atoms with Crippen LogP contribution in [0.15, 0.2) is 0 Å². The molecule has 2 rings (SSSR count). The van der Waals surface area contributed by atoms with Gasteiger partial charge in [0, 0.05) is 18.5 Å². The summed E-state index contributed by atoms with van der Waals surface area (Å²) in [7, 11) is 0. The average Bonchev–Trinajstić information content (AvgIpc) is 2.41. The zero-order chi connectivity index (χ0) is 7.95. The normalized spacial score (nSPS) is 49.6. The standard InChI is InChI=1S/C8H14FNO/c9-8-3-1-2-7(8,6-11)4-10-5-8/h10-11H,1-6H2/t7-,8-/m1/s1. The lowest BCUT2D eigenvalue weighted by Gasteiger charge is -2.30. The molecule has 0 unspecified atom stereocenters. The minimum atomic E-state index is -1.11. The molecule has 0 aromatic carbocycles. The van der Waals surface area contributed by atoms with Crippen molar-refractivity contribution in [3.05, 3.63) is 0 Å². The second kappa shape index (κ2) is 2.17. The molecule has 1 saturated carbocycles. The number of aliphatic hydroxyl groups excluding tert-OH is 1. The first kappa shape index (κ1) is 7.50. The Hall–Kier alpha value is -0.150. The molecule has 64 valence electrons. The van der Waals surface area contributed by atoms with Crippen molar-refractivity contribution in [1.29, 1.82) is 0 Å². The Morgan fingerprint density at radius 1 is 1.36 bits per heavy atom. The van der Waals surface area contributed by atoms with E-state index in [1.807, 2.05) is 0 Å². The maximum absolute atomic E-state index is 13.9. The summed E-state index contributed by atoms with van der Waals surface area (Å²) in [6, 6.07) is 0. The summed E-state index contributed by atoms with van der Waals surface area (Å²) in [6.45, 7) is 1.09. The number of rotatable bonds is 1. The van der Waals surface area contributed by atoms with Crippen LogP contribution in [0.5, 0.6) is 0 Å². The molecule has 2 N–H and O–H groups in total. The Balaban J connectivity index is 2.28. The number of hydrogen-bond acceptors (Lipinski definition) is 2. The van der Waals surface area contributed by atoms with Crippen LogP contribution in [0.1, 0.15) is 19.3 Å². The molecule has 2 aliphatic rings. The maximum Gasteiger partial charge on any atom is 0.132 e. The van der Waals surface area contributed by atoms with Crippen molar-refractivity contribution in [2.75, 3.05) is 19.7 Å². The molecule has 0 amide bonds. The van der Waals surface area contributed by atoms with Crippen LogP contribution in [-0.2, 0) is 0 Å². The van der Waals surface area contributed by atoms with Gasteiger partial charge in [-0.3, -0.25) is 0 Å². The molecule has 2 fully saturated rings. The lowest BCUT2D eigenvalue weighted by molar-refractivity contribution is 0.0203. The van der Waals surface area contributed by atoms with Gasteiger partial charge in [-0.25, -0.2) is 4.39 Å². The summed E-state index contributed by atoms with van der Waals surface area (Å²) in [4.78, 5) is 0. The molecule has 0 spiro atoms. The Labute approximate surface area is 65.8 Å². The van der Waals surface area contributed by atoms with Crippen LogP contribution in [-0.4, -0.2) is 30.5 Å². The molecule has 11 heavy (non-hydrogen) atoms. The monoisotopic (exact) mass is 159 g/mol. The van der Waals surface area contributed by atoms with E-state index >= 15 is 0 Å². The summed E-state index contributed by atoms with van der Waals surface area (Å²) in [5.41, 5.74) is -1.55. The number of aliphatic hydroxyl groups is 1. The summed E-state index contributed by atoms with van der Waals surface area (Å²) in [6.07, 6.45) is 2.40. The fourth-order valence-corrected chi connectivity index (χ4v) is 2.50. The molecule has 0 aromatic rings. The van der Waals surface area contributed by atoms with E-state index in [-0.39, 0.29) is 6.61 Å². The van der Waals surface area contributed by atoms with E-state index in [0.29, 0.717) is 19.5 Å².